The maximum absolute atomic E-state index is 11.3. The number of hydrogen-bond donors (Lipinski definition) is 0. The van der Waals surface area contributed by atoms with E-state index in [4.69, 9.17) is 0 Å². The first-order valence-electron chi connectivity index (χ1n) is 26.0. The Hall–Kier alpha value is -6.10. The molecule has 5 fully saturated rings. The zero-order valence-electron chi connectivity index (χ0n) is 39.1. The lowest BCUT2D eigenvalue weighted by Crippen LogP contribution is -2.43. The van der Waals surface area contributed by atoms with Gasteiger partial charge in [-0.15, -0.1) is 0 Å². The number of hydrogen-bond acceptors (Lipinski definition) is 2. The fourth-order valence-corrected chi connectivity index (χ4v) is 19.0. The van der Waals surface area contributed by atoms with Crippen LogP contribution < -0.4 is 0 Å². The highest BCUT2D eigenvalue weighted by atomic mass is 15.0. The minimum Gasteiger partial charge on any atom is -0.309 e. The van der Waals surface area contributed by atoms with Gasteiger partial charge in [0.2, 0.25) is 0 Å². The third-order valence-electron chi connectivity index (χ3n) is 21.9. The largest absolute Gasteiger partial charge is 0.309 e. The molecule has 4 nitrogen and oxygen atoms in total. The number of rotatable bonds is 1. The van der Waals surface area contributed by atoms with Crippen LogP contribution in [0.5, 0.6) is 0 Å². The molecular weight excluding hydrogens is 813 g/mol. The molecule has 3 heterocycles. The van der Waals surface area contributed by atoms with Crippen molar-refractivity contribution in [2.75, 3.05) is 0 Å². The Bertz CT molecular complexity index is 3900. The number of aromatic nitrogens is 2. The van der Waals surface area contributed by atoms with Crippen molar-refractivity contribution in [3.8, 4) is 29.0 Å². The van der Waals surface area contributed by atoms with Gasteiger partial charge < -0.3 is 8.97 Å². The maximum Gasteiger partial charge on any atom is 0.0995 e. The molecular formula is C63H54N4. The summed E-state index contributed by atoms with van der Waals surface area (Å²) in [6.07, 6.45) is 12.8. The molecule has 5 saturated carbocycles. The van der Waals surface area contributed by atoms with Crippen LogP contribution in [0.2, 0.25) is 0 Å². The summed E-state index contributed by atoms with van der Waals surface area (Å²) in [5.41, 5.74) is 20.8. The van der Waals surface area contributed by atoms with Crippen molar-refractivity contribution in [2.24, 2.45) is 29.1 Å². The standard InChI is InChI=1S/C63H54N4/c1-61(2)47-25-44-42-12-8-9-13-48(42)66(41-10-6-5-7-11-41)49(44)26-43(47)45-24-46-56-50(21-38(30-65)53-35-19-39-23-40-20-36(55(53)56)28-63(39,40)27-35)67-51-22-37(29-64)52-33-15-31-14-32(16-33)18-34(17-31)54(52)57(51)58(60(46)67)59(45)62(61,3)4/h5-13,21-22,24-26,31-36,39-40H,14-20,23,27-28H2,1-4H3. The molecule has 7 unspecified atom stereocenters. The van der Waals surface area contributed by atoms with Crippen molar-refractivity contribution < 1.29 is 0 Å². The van der Waals surface area contributed by atoms with Crippen molar-refractivity contribution in [3.63, 3.8) is 0 Å². The molecule has 0 saturated heterocycles. The highest BCUT2D eigenvalue weighted by Gasteiger charge is 2.66. The SMILES string of the molecule is CC1(C)c2cc3c4ccccc4n(-c4ccccc4)c3cc2-c2cc3c4c5c(c(C#N)cc4n4c6cc(C#N)c7c(c6c(c2C1(C)C)c34)C1CC2CC(CC7C2)C1)C1CC2CC3CC5CC23C1. The molecule has 6 aromatic carbocycles. The molecule has 9 aliphatic rings. The van der Waals surface area contributed by atoms with E-state index in [-0.39, 0.29) is 10.8 Å². The van der Waals surface area contributed by atoms with Gasteiger partial charge in [0.05, 0.1) is 50.8 Å². The molecule has 326 valence electrons. The van der Waals surface area contributed by atoms with Gasteiger partial charge in [0.15, 0.2) is 0 Å². The van der Waals surface area contributed by atoms with Gasteiger partial charge in [-0.1, -0.05) is 64.1 Å². The van der Waals surface area contributed by atoms with Crippen LogP contribution in [-0.2, 0) is 10.8 Å². The second-order valence-corrected chi connectivity index (χ2v) is 24.7. The van der Waals surface area contributed by atoms with Crippen LogP contribution >= 0.6 is 0 Å². The van der Waals surface area contributed by atoms with Gasteiger partial charge in [-0.2, -0.15) is 10.5 Å². The van der Waals surface area contributed by atoms with Crippen LogP contribution in [0.25, 0.3) is 76.7 Å². The van der Waals surface area contributed by atoms with Crippen molar-refractivity contribution in [1.82, 2.24) is 8.97 Å². The fourth-order valence-electron chi connectivity index (χ4n) is 19.0. The van der Waals surface area contributed by atoms with Gasteiger partial charge in [-0.05, 0) is 215 Å². The average molecular weight is 867 g/mol. The Morgan fingerprint density at radius 2 is 1.13 bits per heavy atom. The summed E-state index contributed by atoms with van der Waals surface area (Å²) in [5.74, 6) is 5.03. The third-order valence-corrected chi connectivity index (χ3v) is 21.9. The summed E-state index contributed by atoms with van der Waals surface area (Å²) >= 11 is 0. The molecule has 67 heavy (non-hydrogen) atoms. The van der Waals surface area contributed by atoms with Crippen molar-refractivity contribution in [2.45, 2.75) is 126 Å². The Morgan fingerprint density at radius 1 is 0.507 bits per heavy atom. The minimum atomic E-state index is -0.261. The molecule has 0 aliphatic heterocycles. The molecule has 4 heteroatoms. The van der Waals surface area contributed by atoms with Crippen LogP contribution in [0.4, 0.5) is 0 Å². The summed E-state index contributed by atoms with van der Waals surface area (Å²) in [7, 11) is 0. The lowest BCUT2D eigenvalue weighted by atomic mass is 9.54. The van der Waals surface area contributed by atoms with Gasteiger partial charge in [0.1, 0.15) is 0 Å². The topological polar surface area (TPSA) is 56.9 Å². The van der Waals surface area contributed by atoms with Gasteiger partial charge in [-0.3, -0.25) is 0 Å². The molecule has 3 aromatic heterocycles. The molecule has 0 amide bonds. The van der Waals surface area contributed by atoms with Crippen LogP contribution in [0.15, 0.2) is 84.9 Å². The van der Waals surface area contributed by atoms with Gasteiger partial charge in [0.25, 0.3) is 0 Å². The number of para-hydroxylation sites is 2. The zero-order chi connectivity index (χ0) is 44.4. The van der Waals surface area contributed by atoms with Crippen molar-refractivity contribution in [3.05, 3.63) is 129 Å². The normalized spacial score (nSPS) is 30.7. The van der Waals surface area contributed by atoms with Gasteiger partial charge in [-0.25, -0.2) is 0 Å². The van der Waals surface area contributed by atoms with Gasteiger partial charge in [0, 0.05) is 43.4 Å². The molecule has 1 spiro atoms. The summed E-state index contributed by atoms with van der Waals surface area (Å²) in [4.78, 5) is 0. The third kappa shape index (κ3) is 4.01. The van der Waals surface area contributed by atoms with E-state index >= 15 is 0 Å². The predicted molar refractivity (Wildman–Crippen MR) is 270 cm³/mol. The molecule has 7 bridgehead atoms. The summed E-state index contributed by atoms with van der Waals surface area (Å²) < 4.78 is 5.14. The van der Waals surface area contributed by atoms with E-state index in [0.717, 1.165) is 34.8 Å². The Kier molecular flexibility index (Phi) is 6.39. The van der Waals surface area contributed by atoms with E-state index in [0.29, 0.717) is 29.1 Å². The van der Waals surface area contributed by atoms with Crippen LogP contribution in [0, 0.1) is 51.7 Å². The van der Waals surface area contributed by atoms with Crippen molar-refractivity contribution >= 4 is 59.9 Å². The maximum atomic E-state index is 11.3. The smallest absolute Gasteiger partial charge is 0.0995 e. The second-order valence-electron chi connectivity index (χ2n) is 24.7. The predicted octanol–water partition coefficient (Wildman–Crippen LogP) is 15.7. The lowest BCUT2D eigenvalue weighted by molar-refractivity contribution is 0.00322. The number of nitriles is 2. The number of fused-ring (bicyclic) bond motifs is 19. The monoisotopic (exact) mass is 866 g/mol. The molecule has 9 aromatic rings. The highest BCUT2D eigenvalue weighted by molar-refractivity contribution is 6.28. The average Bonchev–Trinajstić information content (AvgIpc) is 4.05. The summed E-state index contributed by atoms with van der Waals surface area (Å²) in [6, 6.07) is 38.3. The first-order chi connectivity index (χ1) is 32.6. The summed E-state index contributed by atoms with van der Waals surface area (Å²) in [6.45, 7) is 10.1. The van der Waals surface area contributed by atoms with E-state index in [9.17, 15) is 10.5 Å². The Morgan fingerprint density at radius 3 is 1.85 bits per heavy atom. The van der Waals surface area contributed by atoms with E-state index in [1.54, 1.807) is 0 Å². The minimum absolute atomic E-state index is 0.229. The van der Waals surface area contributed by atoms with E-state index in [1.807, 2.05) is 0 Å². The lowest BCUT2D eigenvalue weighted by Gasteiger charge is -2.49. The Balaban J connectivity index is 1.10. The second kappa shape index (κ2) is 11.6. The fraction of sp³-hybridized carbons (Fsp3) is 0.397. The zero-order valence-corrected chi connectivity index (χ0v) is 39.1. The van der Waals surface area contributed by atoms with Crippen molar-refractivity contribution in [1.29, 1.82) is 10.5 Å². The van der Waals surface area contributed by atoms with E-state index in [1.165, 1.54) is 174 Å². The molecule has 0 N–H and O–H groups in total. The van der Waals surface area contributed by atoms with E-state index < -0.39 is 0 Å². The molecule has 7 atom stereocenters. The van der Waals surface area contributed by atoms with Crippen LogP contribution in [0.3, 0.4) is 0 Å². The van der Waals surface area contributed by atoms with Gasteiger partial charge >= 0.3 is 0 Å². The number of benzene rings is 6. The molecule has 0 radical (unpaired) electrons. The van der Waals surface area contributed by atoms with E-state index in [2.05, 4.69) is 134 Å². The van der Waals surface area contributed by atoms with Crippen LogP contribution in [-0.4, -0.2) is 8.97 Å². The number of nitrogens with zero attached hydrogens (tertiary/aromatic N) is 4. The molecule has 9 aliphatic carbocycles. The summed E-state index contributed by atoms with van der Waals surface area (Å²) in [5, 5.41) is 30.9. The Labute approximate surface area is 391 Å². The molecule has 18 rings (SSSR count). The van der Waals surface area contributed by atoms with Crippen LogP contribution in [0.1, 0.15) is 160 Å². The first kappa shape index (κ1) is 37.0. The highest BCUT2D eigenvalue weighted by Crippen LogP contribution is 2.77. The quantitative estimate of drug-likeness (QED) is 0.165. The first-order valence-corrected chi connectivity index (χ1v) is 26.0.